The van der Waals surface area contributed by atoms with Crippen LogP contribution in [0.2, 0.25) is 0 Å². The first kappa shape index (κ1) is 14.3. The van der Waals surface area contributed by atoms with E-state index in [0.29, 0.717) is 6.61 Å². The van der Waals surface area contributed by atoms with Crippen molar-refractivity contribution in [1.82, 2.24) is 0 Å². The fourth-order valence-corrected chi connectivity index (χ4v) is 2.77. The summed E-state index contributed by atoms with van der Waals surface area (Å²) in [6, 6.07) is 16.4. The lowest BCUT2D eigenvalue weighted by Crippen LogP contribution is -2.01. The number of rotatable bonds is 6. The molecule has 1 N–H and O–H groups in total. The highest BCUT2D eigenvalue weighted by Crippen LogP contribution is 2.30. The van der Waals surface area contributed by atoms with E-state index in [1.165, 1.54) is 14.7 Å². The average Bonchev–Trinajstić information content (AvgIpc) is 2.47. The summed E-state index contributed by atoms with van der Waals surface area (Å²) in [6.45, 7) is 0.376. The molecule has 0 saturated carbocycles. The highest BCUT2D eigenvalue weighted by Gasteiger charge is 1.99. The zero-order valence-electron chi connectivity index (χ0n) is 10.7. The van der Waals surface area contributed by atoms with Crippen LogP contribution in [0.1, 0.15) is 0 Å². The van der Waals surface area contributed by atoms with Crippen LogP contribution in [0.25, 0.3) is 0 Å². The molecular formula is C15H16O2S2. The molecule has 19 heavy (non-hydrogen) atoms. The van der Waals surface area contributed by atoms with Crippen molar-refractivity contribution in [3.8, 4) is 5.75 Å². The molecule has 0 heterocycles. The van der Waals surface area contributed by atoms with Gasteiger partial charge in [-0.3, -0.25) is 0 Å². The summed E-state index contributed by atoms with van der Waals surface area (Å²) in [4.78, 5) is 3.67. The van der Waals surface area contributed by atoms with Gasteiger partial charge in [0.25, 0.3) is 0 Å². The van der Waals surface area contributed by atoms with Crippen molar-refractivity contribution in [2.24, 2.45) is 0 Å². The first-order valence-electron chi connectivity index (χ1n) is 5.97. The molecule has 0 spiro atoms. The van der Waals surface area contributed by atoms with E-state index < -0.39 is 0 Å². The van der Waals surface area contributed by atoms with Gasteiger partial charge >= 0.3 is 0 Å². The average molecular weight is 292 g/mol. The molecule has 0 bridgehead atoms. The minimum absolute atomic E-state index is 0.0400. The Morgan fingerprint density at radius 3 is 1.95 bits per heavy atom. The summed E-state index contributed by atoms with van der Waals surface area (Å²) < 4.78 is 5.33. The smallest absolute Gasteiger partial charge is 0.119 e. The normalized spacial score (nSPS) is 10.4. The SMILES string of the molecule is CSc1ccc(Sc2ccc(OCCO)cc2)cc1. The third-order valence-electron chi connectivity index (χ3n) is 2.48. The molecule has 4 heteroatoms. The van der Waals surface area contributed by atoms with Gasteiger partial charge in [-0.05, 0) is 54.8 Å². The molecule has 2 aromatic rings. The first-order valence-corrected chi connectivity index (χ1v) is 8.01. The lowest BCUT2D eigenvalue weighted by Gasteiger charge is -2.06. The van der Waals surface area contributed by atoms with Gasteiger partial charge in [0.05, 0.1) is 6.61 Å². The summed E-state index contributed by atoms with van der Waals surface area (Å²) in [6.07, 6.45) is 2.08. The van der Waals surface area contributed by atoms with Crippen LogP contribution in [0.5, 0.6) is 5.75 Å². The van der Waals surface area contributed by atoms with Crippen LogP contribution < -0.4 is 4.74 Å². The van der Waals surface area contributed by atoms with Crippen LogP contribution in [-0.2, 0) is 0 Å². The Balaban J connectivity index is 1.98. The molecule has 0 radical (unpaired) electrons. The Hall–Kier alpha value is -1.10. The van der Waals surface area contributed by atoms with Crippen LogP contribution in [0.15, 0.2) is 63.2 Å². The highest BCUT2D eigenvalue weighted by molar-refractivity contribution is 7.99. The van der Waals surface area contributed by atoms with Crippen molar-refractivity contribution >= 4 is 23.5 Å². The third-order valence-corrected chi connectivity index (χ3v) is 4.24. The Morgan fingerprint density at radius 1 is 0.895 bits per heavy atom. The number of ether oxygens (including phenoxy) is 1. The minimum atomic E-state index is 0.0400. The number of aliphatic hydroxyl groups excluding tert-OH is 1. The zero-order valence-corrected chi connectivity index (χ0v) is 12.3. The van der Waals surface area contributed by atoms with Crippen molar-refractivity contribution in [3.63, 3.8) is 0 Å². The monoisotopic (exact) mass is 292 g/mol. The lowest BCUT2D eigenvalue weighted by molar-refractivity contribution is 0.201. The summed E-state index contributed by atoms with van der Waals surface area (Å²) in [5.41, 5.74) is 0. The maximum absolute atomic E-state index is 8.69. The summed E-state index contributed by atoms with van der Waals surface area (Å²) in [5, 5.41) is 8.69. The van der Waals surface area contributed by atoms with Crippen molar-refractivity contribution in [1.29, 1.82) is 0 Å². The molecule has 0 aromatic heterocycles. The van der Waals surface area contributed by atoms with Gasteiger partial charge < -0.3 is 9.84 Å². The predicted octanol–water partition coefficient (Wildman–Crippen LogP) is 3.93. The fraction of sp³-hybridized carbons (Fsp3) is 0.200. The topological polar surface area (TPSA) is 29.5 Å². The number of aliphatic hydroxyl groups is 1. The maximum Gasteiger partial charge on any atom is 0.119 e. The lowest BCUT2D eigenvalue weighted by atomic mass is 10.3. The van der Waals surface area contributed by atoms with Gasteiger partial charge in [0.2, 0.25) is 0 Å². The largest absolute Gasteiger partial charge is 0.491 e. The highest BCUT2D eigenvalue weighted by atomic mass is 32.2. The van der Waals surface area contributed by atoms with Crippen LogP contribution in [0, 0.1) is 0 Å². The molecule has 0 aliphatic heterocycles. The van der Waals surface area contributed by atoms with E-state index in [1.807, 2.05) is 24.3 Å². The summed E-state index contributed by atoms with van der Waals surface area (Å²) in [5.74, 6) is 0.788. The predicted molar refractivity (Wildman–Crippen MR) is 81.4 cm³/mol. The fourth-order valence-electron chi connectivity index (χ4n) is 1.55. The van der Waals surface area contributed by atoms with Gasteiger partial charge in [0, 0.05) is 14.7 Å². The molecule has 0 atom stereocenters. The Bertz CT molecular complexity index is 495. The van der Waals surface area contributed by atoms with E-state index >= 15 is 0 Å². The number of hydrogen-bond acceptors (Lipinski definition) is 4. The van der Waals surface area contributed by atoms with E-state index in [0.717, 1.165) is 5.75 Å². The molecule has 0 saturated heterocycles. The van der Waals surface area contributed by atoms with Gasteiger partial charge in [-0.25, -0.2) is 0 Å². The molecule has 0 unspecified atom stereocenters. The Kier molecular flexibility index (Phi) is 5.63. The second kappa shape index (κ2) is 7.48. The van der Waals surface area contributed by atoms with E-state index in [9.17, 15) is 0 Å². The summed E-state index contributed by atoms with van der Waals surface area (Å²) >= 11 is 3.47. The molecule has 2 aromatic carbocycles. The summed E-state index contributed by atoms with van der Waals surface area (Å²) in [7, 11) is 0. The molecule has 100 valence electrons. The van der Waals surface area contributed by atoms with Crippen LogP contribution in [-0.4, -0.2) is 24.6 Å². The third kappa shape index (κ3) is 4.49. The molecule has 0 aliphatic carbocycles. The number of benzene rings is 2. The minimum Gasteiger partial charge on any atom is -0.491 e. The van der Waals surface area contributed by atoms with Crippen molar-refractivity contribution < 1.29 is 9.84 Å². The van der Waals surface area contributed by atoms with E-state index in [2.05, 4.69) is 30.5 Å². The van der Waals surface area contributed by atoms with Gasteiger partial charge in [0.15, 0.2) is 0 Å². The Labute approximate surface area is 122 Å². The van der Waals surface area contributed by atoms with Gasteiger partial charge in [-0.15, -0.1) is 11.8 Å². The van der Waals surface area contributed by atoms with Crippen LogP contribution >= 0.6 is 23.5 Å². The molecule has 0 aliphatic rings. The van der Waals surface area contributed by atoms with Gasteiger partial charge in [0.1, 0.15) is 12.4 Å². The van der Waals surface area contributed by atoms with E-state index in [4.69, 9.17) is 9.84 Å². The molecule has 2 rings (SSSR count). The van der Waals surface area contributed by atoms with Gasteiger partial charge in [-0.2, -0.15) is 0 Å². The van der Waals surface area contributed by atoms with E-state index in [1.54, 1.807) is 23.5 Å². The number of thioether (sulfide) groups is 1. The second-order valence-corrected chi connectivity index (χ2v) is 5.85. The van der Waals surface area contributed by atoms with Crippen molar-refractivity contribution in [2.45, 2.75) is 14.7 Å². The van der Waals surface area contributed by atoms with Gasteiger partial charge in [-0.1, -0.05) is 11.8 Å². The second-order valence-electron chi connectivity index (χ2n) is 3.82. The molecule has 0 amide bonds. The van der Waals surface area contributed by atoms with Crippen molar-refractivity contribution in [3.05, 3.63) is 48.5 Å². The number of hydrogen-bond donors (Lipinski definition) is 1. The molecule has 2 nitrogen and oxygen atoms in total. The standard InChI is InChI=1S/C15H16O2S2/c1-18-13-6-8-15(9-7-13)19-14-4-2-12(3-5-14)17-11-10-16/h2-9,16H,10-11H2,1H3. The first-order chi connectivity index (χ1) is 9.31. The van der Waals surface area contributed by atoms with Crippen LogP contribution in [0.4, 0.5) is 0 Å². The van der Waals surface area contributed by atoms with E-state index in [-0.39, 0.29) is 6.61 Å². The Morgan fingerprint density at radius 2 is 1.42 bits per heavy atom. The van der Waals surface area contributed by atoms with Crippen molar-refractivity contribution in [2.75, 3.05) is 19.5 Å². The van der Waals surface area contributed by atoms with Crippen LogP contribution in [0.3, 0.4) is 0 Å². The zero-order chi connectivity index (χ0) is 13.5. The quantitative estimate of drug-likeness (QED) is 0.817. The molecular weight excluding hydrogens is 276 g/mol. The molecule has 0 fully saturated rings. The maximum atomic E-state index is 8.69.